The second-order valence-electron chi connectivity index (χ2n) is 5.10. The summed E-state index contributed by atoms with van der Waals surface area (Å²) in [5, 5.41) is 10.5. The molecule has 0 aromatic carbocycles. The van der Waals surface area contributed by atoms with Crippen molar-refractivity contribution in [1.29, 1.82) is 0 Å². The van der Waals surface area contributed by atoms with Crippen LogP contribution in [-0.4, -0.2) is 40.2 Å². The maximum Gasteiger partial charge on any atom is 0.287 e. The molecule has 0 amide bonds. The lowest BCUT2D eigenvalue weighted by atomic mass is 10.0. The molecule has 1 N–H and O–H groups in total. The van der Waals surface area contributed by atoms with Crippen LogP contribution in [0.5, 0.6) is 0 Å². The summed E-state index contributed by atoms with van der Waals surface area (Å²) in [6.45, 7) is 6.50. The zero-order valence-corrected chi connectivity index (χ0v) is 10.5. The maximum atomic E-state index is 12.0. The van der Waals surface area contributed by atoms with Crippen molar-refractivity contribution >= 4 is 11.5 Å². The SMILES string of the molecule is CC1CN(CC(=O)c2cc([N+](=O)[O-])c[nH]2)CC1C. The summed E-state index contributed by atoms with van der Waals surface area (Å²) in [7, 11) is 0. The molecule has 18 heavy (non-hydrogen) atoms. The third-order valence-electron chi connectivity index (χ3n) is 3.61. The van der Waals surface area contributed by atoms with Gasteiger partial charge in [0.2, 0.25) is 0 Å². The Balaban J connectivity index is 1.97. The number of H-pyrrole nitrogens is 1. The van der Waals surface area contributed by atoms with E-state index in [0.29, 0.717) is 24.1 Å². The fourth-order valence-corrected chi connectivity index (χ4v) is 2.32. The maximum absolute atomic E-state index is 12.0. The number of aromatic nitrogens is 1. The van der Waals surface area contributed by atoms with E-state index < -0.39 is 4.92 Å². The number of nitrogens with zero attached hydrogens (tertiary/aromatic N) is 2. The van der Waals surface area contributed by atoms with Crippen LogP contribution in [0.2, 0.25) is 0 Å². The van der Waals surface area contributed by atoms with Crippen molar-refractivity contribution in [3.05, 3.63) is 28.1 Å². The predicted octanol–water partition coefficient (Wildman–Crippen LogP) is 1.69. The van der Waals surface area contributed by atoms with Crippen LogP contribution >= 0.6 is 0 Å². The van der Waals surface area contributed by atoms with Gasteiger partial charge in [0.1, 0.15) is 0 Å². The molecular weight excluding hydrogens is 234 g/mol. The van der Waals surface area contributed by atoms with Crippen LogP contribution in [0.1, 0.15) is 24.3 Å². The van der Waals surface area contributed by atoms with E-state index in [-0.39, 0.29) is 11.5 Å². The van der Waals surface area contributed by atoms with E-state index in [0.717, 1.165) is 13.1 Å². The minimum absolute atomic E-state index is 0.0680. The second kappa shape index (κ2) is 4.89. The number of nitrogens with one attached hydrogen (secondary N) is 1. The largest absolute Gasteiger partial charge is 0.353 e. The van der Waals surface area contributed by atoms with Crippen molar-refractivity contribution in [1.82, 2.24) is 9.88 Å². The number of hydrogen-bond acceptors (Lipinski definition) is 4. The number of rotatable bonds is 4. The van der Waals surface area contributed by atoms with E-state index in [4.69, 9.17) is 0 Å². The highest BCUT2D eigenvalue weighted by Crippen LogP contribution is 2.22. The minimum Gasteiger partial charge on any atom is -0.353 e. The Labute approximate surface area is 105 Å². The van der Waals surface area contributed by atoms with E-state index >= 15 is 0 Å². The van der Waals surface area contributed by atoms with Gasteiger partial charge in [-0.3, -0.25) is 19.8 Å². The zero-order chi connectivity index (χ0) is 13.3. The highest BCUT2D eigenvalue weighted by molar-refractivity contribution is 5.96. The summed E-state index contributed by atoms with van der Waals surface area (Å²) in [5.74, 6) is 1.09. The Kier molecular flexibility index (Phi) is 3.47. The average Bonchev–Trinajstić information content (AvgIpc) is 2.87. The van der Waals surface area contributed by atoms with Gasteiger partial charge in [-0.1, -0.05) is 13.8 Å². The lowest BCUT2D eigenvalue weighted by Gasteiger charge is -2.13. The molecule has 2 atom stereocenters. The van der Waals surface area contributed by atoms with Gasteiger partial charge in [0.05, 0.1) is 23.4 Å². The molecule has 1 aliphatic rings. The van der Waals surface area contributed by atoms with Gasteiger partial charge in [-0.25, -0.2) is 0 Å². The van der Waals surface area contributed by atoms with Crippen molar-refractivity contribution in [3.8, 4) is 0 Å². The molecule has 1 aromatic rings. The molecule has 1 aliphatic heterocycles. The fourth-order valence-electron chi connectivity index (χ4n) is 2.32. The van der Waals surface area contributed by atoms with Crippen LogP contribution < -0.4 is 0 Å². The van der Waals surface area contributed by atoms with Gasteiger partial charge in [-0.2, -0.15) is 0 Å². The highest BCUT2D eigenvalue weighted by atomic mass is 16.6. The van der Waals surface area contributed by atoms with Crippen molar-refractivity contribution < 1.29 is 9.72 Å². The lowest BCUT2D eigenvalue weighted by molar-refractivity contribution is -0.384. The van der Waals surface area contributed by atoms with Crippen LogP contribution in [-0.2, 0) is 0 Å². The number of Topliss-reactive ketones (excluding diaryl/α,β-unsaturated/α-hetero) is 1. The van der Waals surface area contributed by atoms with Gasteiger partial charge < -0.3 is 4.98 Å². The predicted molar refractivity (Wildman–Crippen MR) is 66.5 cm³/mol. The molecule has 6 nitrogen and oxygen atoms in total. The molecule has 1 aromatic heterocycles. The molecule has 0 spiro atoms. The van der Waals surface area contributed by atoms with Crippen LogP contribution in [0.25, 0.3) is 0 Å². The fraction of sp³-hybridized carbons (Fsp3) is 0.583. The van der Waals surface area contributed by atoms with Crippen molar-refractivity contribution in [2.75, 3.05) is 19.6 Å². The standard InChI is InChI=1S/C12H17N3O3/c1-8-5-14(6-9(8)2)7-12(16)11-3-10(4-13-11)15(17)18/h3-4,8-9,13H,5-7H2,1-2H3. The first-order valence-electron chi connectivity index (χ1n) is 6.05. The van der Waals surface area contributed by atoms with E-state index in [1.54, 1.807) is 0 Å². The first-order chi connectivity index (χ1) is 8.47. The van der Waals surface area contributed by atoms with Gasteiger partial charge in [-0.15, -0.1) is 0 Å². The van der Waals surface area contributed by atoms with Crippen LogP contribution in [0, 0.1) is 22.0 Å². The molecule has 0 radical (unpaired) electrons. The van der Waals surface area contributed by atoms with Crippen LogP contribution in [0.4, 0.5) is 5.69 Å². The van der Waals surface area contributed by atoms with Gasteiger partial charge >= 0.3 is 0 Å². The van der Waals surface area contributed by atoms with Crippen molar-refractivity contribution in [2.24, 2.45) is 11.8 Å². The van der Waals surface area contributed by atoms with Gasteiger partial charge in [0.25, 0.3) is 5.69 Å². The number of carbonyl (C=O) groups excluding carboxylic acids is 1. The quantitative estimate of drug-likeness (QED) is 0.501. The monoisotopic (exact) mass is 251 g/mol. The molecule has 6 heteroatoms. The minimum atomic E-state index is -0.507. The van der Waals surface area contributed by atoms with E-state index in [1.807, 2.05) is 0 Å². The molecule has 0 saturated carbocycles. The highest BCUT2D eigenvalue weighted by Gasteiger charge is 2.28. The normalized spacial score (nSPS) is 24.3. The number of nitro groups is 1. The van der Waals surface area contributed by atoms with E-state index in [9.17, 15) is 14.9 Å². The number of likely N-dealkylation sites (tertiary alicyclic amines) is 1. The molecule has 0 aliphatic carbocycles. The molecule has 0 bridgehead atoms. The number of aromatic amines is 1. The Bertz CT molecular complexity index is 459. The first-order valence-corrected chi connectivity index (χ1v) is 6.05. The Morgan fingerprint density at radius 2 is 2.11 bits per heavy atom. The molecule has 2 heterocycles. The number of carbonyl (C=O) groups is 1. The van der Waals surface area contributed by atoms with Crippen molar-refractivity contribution in [2.45, 2.75) is 13.8 Å². The third kappa shape index (κ3) is 2.59. The number of hydrogen-bond donors (Lipinski definition) is 1. The summed E-state index contributed by atoms with van der Waals surface area (Å²) >= 11 is 0. The summed E-state index contributed by atoms with van der Waals surface area (Å²) in [4.78, 5) is 26.7. The summed E-state index contributed by atoms with van der Waals surface area (Å²) in [6, 6.07) is 1.30. The molecule has 2 rings (SSSR count). The Morgan fingerprint density at radius 3 is 2.61 bits per heavy atom. The van der Waals surface area contributed by atoms with Gasteiger partial charge in [0, 0.05) is 19.2 Å². The zero-order valence-electron chi connectivity index (χ0n) is 10.5. The molecule has 1 saturated heterocycles. The van der Waals surface area contributed by atoms with Gasteiger partial charge in [-0.05, 0) is 11.8 Å². The third-order valence-corrected chi connectivity index (χ3v) is 3.61. The average molecular weight is 251 g/mol. The van der Waals surface area contributed by atoms with E-state index in [1.165, 1.54) is 12.3 Å². The summed E-state index contributed by atoms with van der Waals surface area (Å²) < 4.78 is 0. The summed E-state index contributed by atoms with van der Waals surface area (Å²) in [6.07, 6.45) is 1.25. The Hall–Kier alpha value is -1.69. The second-order valence-corrected chi connectivity index (χ2v) is 5.10. The summed E-state index contributed by atoms with van der Waals surface area (Å²) in [5.41, 5.74) is 0.246. The topological polar surface area (TPSA) is 79.2 Å². The first kappa shape index (κ1) is 12.8. The Morgan fingerprint density at radius 1 is 1.50 bits per heavy atom. The molecule has 2 unspecified atom stereocenters. The molecular formula is C12H17N3O3. The van der Waals surface area contributed by atoms with Crippen LogP contribution in [0.15, 0.2) is 12.3 Å². The smallest absolute Gasteiger partial charge is 0.287 e. The molecule has 1 fully saturated rings. The van der Waals surface area contributed by atoms with Gasteiger partial charge in [0.15, 0.2) is 5.78 Å². The van der Waals surface area contributed by atoms with E-state index in [2.05, 4.69) is 23.7 Å². The van der Waals surface area contributed by atoms with Crippen molar-refractivity contribution in [3.63, 3.8) is 0 Å². The molecule has 98 valence electrons. The number of ketones is 1. The lowest BCUT2D eigenvalue weighted by Crippen LogP contribution is -2.28. The van der Waals surface area contributed by atoms with Crippen LogP contribution in [0.3, 0.4) is 0 Å².